The minimum Gasteiger partial charge on any atom is -0.489 e. The van der Waals surface area contributed by atoms with Crippen molar-refractivity contribution in [1.29, 1.82) is 0 Å². The second-order valence-corrected chi connectivity index (χ2v) is 6.86. The van der Waals surface area contributed by atoms with Gasteiger partial charge in [-0.2, -0.15) is 0 Å². The lowest BCUT2D eigenvalue weighted by Crippen LogP contribution is -2.33. The molecule has 7 heteroatoms. The number of anilines is 1. The Balaban J connectivity index is 1.65. The Morgan fingerprint density at radius 2 is 1.93 bits per heavy atom. The van der Waals surface area contributed by atoms with E-state index in [1.165, 1.54) is 6.92 Å². The van der Waals surface area contributed by atoms with Gasteiger partial charge in [0.05, 0.1) is 0 Å². The minimum atomic E-state index is -1.21. The largest absolute Gasteiger partial charge is 0.489 e. The van der Waals surface area contributed by atoms with E-state index in [0.717, 1.165) is 11.6 Å². The Morgan fingerprint density at radius 1 is 1.18 bits per heavy atom. The van der Waals surface area contributed by atoms with Gasteiger partial charge in [-0.3, -0.25) is 4.79 Å². The first-order chi connectivity index (χ1) is 13.3. The Morgan fingerprint density at radius 3 is 2.64 bits per heavy atom. The Kier molecular flexibility index (Phi) is 6.04. The van der Waals surface area contributed by atoms with Crippen LogP contribution in [0.3, 0.4) is 0 Å². The van der Waals surface area contributed by atoms with Crippen molar-refractivity contribution in [3.05, 3.63) is 71.1 Å². The third kappa shape index (κ3) is 4.72. The molecular weight excluding hydrogens is 369 g/mol. The number of nitrogens with two attached hydrogens (primary N) is 1. The highest BCUT2D eigenvalue weighted by molar-refractivity contribution is 5.88. The van der Waals surface area contributed by atoms with Crippen LogP contribution in [0, 0.1) is 17.5 Å². The molecule has 2 atom stereocenters. The zero-order valence-electron chi connectivity index (χ0n) is 15.3. The minimum absolute atomic E-state index is 0.0885. The summed E-state index contributed by atoms with van der Waals surface area (Å²) >= 11 is 0. The van der Waals surface area contributed by atoms with Crippen molar-refractivity contribution in [3.63, 3.8) is 0 Å². The average molecular weight is 390 g/mol. The molecule has 28 heavy (non-hydrogen) atoms. The molecule has 0 fully saturated rings. The number of carbonyl (C=O) groups is 1. The molecule has 1 amide bonds. The fourth-order valence-electron chi connectivity index (χ4n) is 3.34. The molecule has 0 heterocycles. The lowest BCUT2D eigenvalue weighted by atomic mass is 9.81. The molecule has 148 valence electrons. The highest BCUT2D eigenvalue weighted by atomic mass is 19.2. The summed E-state index contributed by atoms with van der Waals surface area (Å²) in [6.45, 7) is 1.72. The van der Waals surface area contributed by atoms with E-state index in [9.17, 15) is 18.0 Å². The number of hydrogen-bond acceptors (Lipinski definition) is 3. The molecule has 3 rings (SSSR count). The number of carbonyl (C=O) groups excluding carboxylic acids is 1. The molecule has 0 radical (unpaired) electrons. The molecule has 0 aromatic heterocycles. The summed E-state index contributed by atoms with van der Waals surface area (Å²) in [6.07, 6.45) is 2.76. The molecule has 3 N–H and O–H groups in total. The standard InChI is InChI=1S/C21H21F3N2O2/c1-12(27)26-14-3-2-4-15(8-14)28-11-13-5-6-16(21(25)7-13)17-9-19(23)20(24)10-18(17)22/h2-5,8-10,16,21H,6-7,11,25H2,1H3,(H,26,27)/t16-,21+/m0/s1. The van der Waals surface area contributed by atoms with Crippen LogP contribution in [0.1, 0.15) is 31.2 Å². The smallest absolute Gasteiger partial charge is 0.221 e. The van der Waals surface area contributed by atoms with Gasteiger partial charge in [-0.1, -0.05) is 12.1 Å². The summed E-state index contributed by atoms with van der Waals surface area (Å²) in [4.78, 5) is 11.1. The van der Waals surface area contributed by atoms with E-state index in [0.29, 0.717) is 37.0 Å². The molecule has 1 aliphatic carbocycles. The van der Waals surface area contributed by atoms with E-state index in [2.05, 4.69) is 5.32 Å². The average Bonchev–Trinajstić information content (AvgIpc) is 2.63. The summed E-state index contributed by atoms with van der Waals surface area (Å²) in [6, 6.07) is 8.01. The molecule has 2 aromatic rings. The molecule has 0 aliphatic heterocycles. The SMILES string of the molecule is CC(=O)Nc1cccc(OCC2=CC[C@@H](c3cc(F)c(F)cc3F)[C@H](N)C2)c1. The first kappa shape index (κ1) is 19.9. The van der Waals surface area contributed by atoms with Gasteiger partial charge in [-0.15, -0.1) is 0 Å². The summed E-state index contributed by atoms with van der Waals surface area (Å²) in [7, 11) is 0. The van der Waals surface area contributed by atoms with Crippen LogP contribution in [-0.2, 0) is 4.79 Å². The molecular formula is C21H21F3N2O2. The van der Waals surface area contributed by atoms with E-state index in [4.69, 9.17) is 10.5 Å². The fraction of sp³-hybridized carbons (Fsp3) is 0.286. The second kappa shape index (κ2) is 8.48. The van der Waals surface area contributed by atoms with E-state index in [1.807, 2.05) is 6.08 Å². The van der Waals surface area contributed by atoms with Crippen LogP contribution >= 0.6 is 0 Å². The fourth-order valence-corrected chi connectivity index (χ4v) is 3.34. The number of benzene rings is 2. The van der Waals surface area contributed by atoms with Crippen molar-refractivity contribution in [3.8, 4) is 5.75 Å². The topological polar surface area (TPSA) is 64.3 Å². The van der Waals surface area contributed by atoms with Gasteiger partial charge >= 0.3 is 0 Å². The molecule has 2 aromatic carbocycles. The third-order valence-electron chi connectivity index (χ3n) is 4.69. The lowest BCUT2D eigenvalue weighted by molar-refractivity contribution is -0.114. The summed E-state index contributed by atoms with van der Waals surface area (Å²) < 4.78 is 46.4. The summed E-state index contributed by atoms with van der Waals surface area (Å²) in [5, 5.41) is 2.68. The molecule has 0 bridgehead atoms. The van der Waals surface area contributed by atoms with E-state index in [-0.39, 0.29) is 11.5 Å². The Hall–Kier alpha value is -2.80. The van der Waals surface area contributed by atoms with Gasteiger partial charge in [0.1, 0.15) is 18.2 Å². The third-order valence-corrected chi connectivity index (χ3v) is 4.69. The number of rotatable bonds is 5. The quantitative estimate of drug-likeness (QED) is 0.592. The molecule has 4 nitrogen and oxygen atoms in total. The molecule has 0 saturated heterocycles. The van der Waals surface area contributed by atoms with Gasteiger partial charge < -0.3 is 15.8 Å². The predicted molar refractivity (Wildman–Crippen MR) is 101 cm³/mol. The van der Waals surface area contributed by atoms with Crippen LogP contribution in [0.4, 0.5) is 18.9 Å². The van der Waals surface area contributed by atoms with Crippen molar-refractivity contribution in [2.45, 2.75) is 31.7 Å². The van der Waals surface area contributed by atoms with Crippen LogP contribution < -0.4 is 15.8 Å². The number of hydrogen-bond donors (Lipinski definition) is 2. The number of allylic oxidation sites excluding steroid dienone is 1. The van der Waals surface area contributed by atoms with Crippen molar-refractivity contribution in [1.82, 2.24) is 0 Å². The van der Waals surface area contributed by atoms with Gasteiger partial charge in [0.15, 0.2) is 11.6 Å². The van der Waals surface area contributed by atoms with Crippen LogP contribution in [0.2, 0.25) is 0 Å². The maximum absolute atomic E-state index is 14.0. The first-order valence-corrected chi connectivity index (χ1v) is 8.92. The highest BCUT2D eigenvalue weighted by Crippen LogP contribution is 2.34. The summed E-state index contributed by atoms with van der Waals surface area (Å²) in [5.41, 5.74) is 7.84. The van der Waals surface area contributed by atoms with Gasteiger partial charge in [0, 0.05) is 36.7 Å². The van der Waals surface area contributed by atoms with Crippen molar-refractivity contribution >= 4 is 11.6 Å². The van der Waals surface area contributed by atoms with Gasteiger partial charge in [-0.25, -0.2) is 13.2 Å². The zero-order chi connectivity index (χ0) is 20.3. The van der Waals surface area contributed by atoms with E-state index < -0.39 is 29.4 Å². The van der Waals surface area contributed by atoms with Crippen LogP contribution in [-0.4, -0.2) is 18.6 Å². The first-order valence-electron chi connectivity index (χ1n) is 8.92. The van der Waals surface area contributed by atoms with Gasteiger partial charge in [-0.05, 0) is 42.2 Å². The predicted octanol–water partition coefficient (Wildman–Crippen LogP) is 4.27. The zero-order valence-corrected chi connectivity index (χ0v) is 15.3. The van der Waals surface area contributed by atoms with Crippen LogP contribution in [0.5, 0.6) is 5.75 Å². The maximum Gasteiger partial charge on any atom is 0.221 e. The van der Waals surface area contributed by atoms with Gasteiger partial charge in [0.25, 0.3) is 0 Å². The normalized spacial score (nSPS) is 19.1. The van der Waals surface area contributed by atoms with Crippen molar-refractivity contribution in [2.75, 3.05) is 11.9 Å². The Labute approximate surface area is 161 Å². The lowest BCUT2D eigenvalue weighted by Gasteiger charge is -2.29. The molecule has 1 aliphatic rings. The van der Waals surface area contributed by atoms with E-state index in [1.54, 1.807) is 24.3 Å². The van der Waals surface area contributed by atoms with Crippen LogP contribution in [0.25, 0.3) is 0 Å². The molecule has 0 saturated carbocycles. The number of amides is 1. The summed E-state index contributed by atoms with van der Waals surface area (Å²) in [5.74, 6) is -3.09. The number of nitrogens with one attached hydrogen (secondary N) is 1. The van der Waals surface area contributed by atoms with Crippen LogP contribution in [0.15, 0.2) is 48.0 Å². The van der Waals surface area contributed by atoms with E-state index >= 15 is 0 Å². The molecule has 0 unspecified atom stereocenters. The van der Waals surface area contributed by atoms with Crippen molar-refractivity contribution in [2.24, 2.45) is 5.73 Å². The molecule has 0 spiro atoms. The highest BCUT2D eigenvalue weighted by Gasteiger charge is 2.28. The number of halogens is 3. The monoisotopic (exact) mass is 390 g/mol. The van der Waals surface area contributed by atoms with Crippen molar-refractivity contribution < 1.29 is 22.7 Å². The maximum atomic E-state index is 14.0. The van der Waals surface area contributed by atoms with Gasteiger partial charge in [0.2, 0.25) is 5.91 Å². The Bertz CT molecular complexity index is 915. The second-order valence-electron chi connectivity index (χ2n) is 6.86. The number of ether oxygens (including phenoxy) is 1.